The van der Waals surface area contributed by atoms with Crippen LogP contribution in [0.2, 0.25) is 0 Å². The maximum atomic E-state index is 14.9. The third kappa shape index (κ3) is 5.99. The third-order valence-electron chi connectivity index (χ3n) is 9.85. The van der Waals surface area contributed by atoms with Crippen LogP contribution in [0.3, 0.4) is 0 Å². The van der Waals surface area contributed by atoms with Gasteiger partial charge >= 0.3 is 0 Å². The molecule has 11 heteroatoms. The number of carbonyl (C=O) groups is 2. The summed E-state index contributed by atoms with van der Waals surface area (Å²) in [6, 6.07) is 22.2. The third-order valence-corrected chi connectivity index (χ3v) is 9.85. The van der Waals surface area contributed by atoms with Gasteiger partial charge in [-0.05, 0) is 66.1 Å². The highest BCUT2D eigenvalue weighted by atomic mass is 16.7. The second-order valence-corrected chi connectivity index (χ2v) is 13.1. The number of amides is 2. The monoisotopic (exact) mass is 673 g/mol. The van der Waals surface area contributed by atoms with Crippen LogP contribution in [-0.4, -0.2) is 81.5 Å². The molecule has 5 aromatic rings. The molecule has 11 nitrogen and oxygen atoms in total. The van der Waals surface area contributed by atoms with E-state index in [1.807, 2.05) is 64.8 Å². The topological polar surface area (TPSA) is 102 Å². The number of ether oxygens (including phenoxy) is 3. The van der Waals surface area contributed by atoms with Crippen LogP contribution in [0.15, 0.2) is 91.4 Å². The molecule has 3 aromatic carbocycles. The van der Waals surface area contributed by atoms with E-state index in [2.05, 4.69) is 23.1 Å². The van der Waals surface area contributed by atoms with Gasteiger partial charge in [-0.2, -0.15) is 0 Å². The zero-order valence-electron chi connectivity index (χ0n) is 28.1. The van der Waals surface area contributed by atoms with Crippen LogP contribution < -0.4 is 14.4 Å². The molecule has 2 aromatic heterocycles. The van der Waals surface area contributed by atoms with Crippen LogP contribution >= 0.6 is 0 Å². The summed E-state index contributed by atoms with van der Waals surface area (Å²) in [5.41, 5.74) is 5.97. The van der Waals surface area contributed by atoms with Crippen molar-refractivity contribution in [3.63, 3.8) is 0 Å². The van der Waals surface area contributed by atoms with Crippen molar-refractivity contribution in [2.45, 2.75) is 19.0 Å². The molecule has 5 heterocycles. The number of phenolic OH excluding ortho intramolecular Hbond substituents is 1. The van der Waals surface area contributed by atoms with E-state index >= 15 is 0 Å². The first kappa shape index (κ1) is 31.7. The van der Waals surface area contributed by atoms with Crippen LogP contribution in [0.4, 0.5) is 11.4 Å². The predicted octanol–water partition coefficient (Wildman–Crippen LogP) is 5.34. The summed E-state index contributed by atoms with van der Waals surface area (Å²) in [6.07, 6.45) is 6.29. The molecule has 1 atom stereocenters. The second-order valence-electron chi connectivity index (χ2n) is 13.1. The summed E-state index contributed by atoms with van der Waals surface area (Å²) < 4.78 is 20.9. The number of morpholine rings is 1. The highest BCUT2D eigenvalue weighted by molar-refractivity contribution is 6.12. The number of aryl methyl sites for hydroxylation is 2. The van der Waals surface area contributed by atoms with Gasteiger partial charge in [-0.3, -0.25) is 19.4 Å². The number of anilines is 2. The van der Waals surface area contributed by atoms with E-state index in [1.54, 1.807) is 41.4 Å². The van der Waals surface area contributed by atoms with Gasteiger partial charge < -0.3 is 33.4 Å². The molecule has 0 spiro atoms. The molecule has 1 saturated heterocycles. The Kier molecular flexibility index (Phi) is 8.29. The minimum atomic E-state index is -0.254. The van der Waals surface area contributed by atoms with Crippen molar-refractivity contribution < 1.29 is 28.9 Å². The van der Waals surface area contributed by atoms with E-state index in [0.717, 1.165) is 31.6 Å². The Labute approximate surface area is 290 Å². The Morgan fingerprint density at radius 2 is 1.62 bits per heavy atom. The lowest BCUT2D eigenvalue weighted by Gasteiger charge is -2.40. The molecule has 8 rings (SSSR count). The lowest BCUT2D eigenvalue weighted by atomic mass is 9.92. The van der Waals surface area contributed by atoms with Crippen LogP contribution in [0, 0.1) is 0 Å². The molecule has 1 fully saturated rings. The fourth-order valence-electron chi connectivity index (χ4n) is 7.24. The van der Waals surface area contributed by atoms with Gasteiger partial charge in [0, 0.05) is 81.9 Å². The van der Waals surface area contributed by atoms with Crippen molar-refractivity contribution >= 4 is 23.2 Å². The van der Waals surface area contributed by atoms with Gasteiger partial charge in [0.15, 0.2) is 11.5 Å². The number of phenols is 1. The summed E-state index contributed by atoms with van der Waals surface area (Å²) in [4.78, 5) is 35.2. The number of hydrogen-bond donors (Lipinski definition) is 1. The van der Waals surface area contributed by atoms with Crippen LogP contribution in [-0.2, 0) is 31.8 Å². The minimum absolute atomic E-state index is 0.0379. The van der Waals surface area contributed by atoms with Crippen molar-refractivity contribution in [3.05, 3.63) is 114 Å². The Morgan fingerprint density at radius 3 is 2.36 bits per heavy atom. The molecule has 0 aliphatic carbocycles. The summed E-state index contributed by atoms with van der Waals surface area (Å²) in [6.45, 7) is 4.35. The summed E-state index contributed by atoms with van der Waals surface area (Å²) in [5, 5.41) is 9.94. The van der Waals surface area contributed by atoms with E-state index in [-0.39, 0.29) is 30.4 Å². The molecule has 50 heavy (non-hydrogen) atoms. The van der Waals surface area contributed by atoms with Crippen molar-refractivity contribution in [1.29, 1.82) is 0 Å². The molecule has 3 aliphatic rings. The summed E-state index contributed by atoms with van der Waals surface area (Å²) in [7, 11) is 3.77. The summed E-state index contributed by atoms with van der Waals surface area (Å²) >= 11 is 0. The molecule has 0 bridgehead atoms. The van der Waals surface area contributed by atoms with Crippen molar-refractivity contribution in [3.8, 4) is 28.5 Å². The molecule has 2 amide bonds. The molecule has 0 radical (unpaired) electrons. The zero-order chi connectivity index (χ0) is 34.4. The van der Waals surface area contributed by atoms with Crippen LogP contribution in [0.25, 0.3) is 11.3 Å². The number of nitrogens with zero attached hydrogens (tertiary/aromatic N) is 5. The molecular weight excluding hydrogens is 634 g/mol. The average Bonchev–Trinajstić information content (AvgIpc) is 3.88. The Balaban J connectivity index is 1.18. The average molecular weight is 674 g/mol. The van der Waals surface area contributed by atoms with Crippen molar-refractivity contribution in [2.24, 2.45) is 14.1 Å². The molecular formula is C39H39N5O6. The largest absolute Gasteiger partial charge is 0.508 e. The molecule has 3 aliphatic heterocycles. The molecule has 256 valence electrons. The van der Waals surface area contributed by atoms with Crippen LogP contribution in [0.1, 0.15) is 31.8 Å². The normalized spacial score (nSPS) is 17.1. The highest BCUT2D eigenvalue weighted by Gasteiger charge is 2.35. The van der Waals surface area contributed by atoms with Gasteiger partial charge in [0.25, 0.3) is 11.8 Å². The fourth-order valence-corrected chi connectivity index (χ4v) is 7.24. The number of rotatable bonds is 7. The predicted molar refractivity (Wildman–Crippen MR) is 188 cm³/mol. The standard InChI is InChI=1S/C39H39N5O6/c1-40-12-11-30(23-40)44(29-7-9-32(45)10-8-29)38(46)28-18-35(41(2)21-28)33-19-36-37(50-25-49-36)20-34(33)39(47)43-22-27-6-4-3-5-26(27)17-31(43)24-42-13-15-48-16-14-42/h3-12,18-21,23,31,45H,13-17,22,24-25H2,1-2H3/t31-/m0/s1. The highest BCUT2D eigenvalue weighted by Crippen LogP contribution is 2.41. The number of aromatic nitrogens is 2. The number of aromatic hydroxyl groups is 1. The van der Waals surface area contributed by atoms with Gasteiger partial charge in [-0.15, -0.1) is 0 Å². The zero-order valence-corrected chi connectivity index (χ0v) is 28.1. The fraction of sp³-hybridized carbons (Fsp3) is 0.282. The Bertz CT molecular complexity index is 2060. The van der Waals surface area contributed by atoms with Gasteiger partial charge in [-0.1, -0.05) is 24.3 Å². The number of fused-ring (bicyclic) bond motifs is 2. The van der Waals surface area contributed by atoms with Crippen LogP contribution in [0.5, 0.6) is 17.2 Å². The Morgan fingerprint density at radius 1 is 0.880 bits per heavy atom. The molecule has 0 unspecified atom stereocenters. The lowest BCUT2D eigenvalue weighted by molar-refractivity contribution is 0.0193. The van der Waals surface area contributed by atoms with Crippen molar-refractivity contribution in [1.82, 2.24) is 18.9 Å². The maximum absolute atomic E-state index is 14.9. The first-order chi connectivity index (χ1) is 24.3. The first-order valence-corrected chi connectivity index (χ1v) is 16.9. The van der Waals surface area contributed by atoms with Gasteiger partial charge in [0.05, 0.1) is 30.0 Å². The van der Waals surface area contributed by atoms with E-state index < -0.39 is 0 Å². The second kappa shape index (κ2) is 13.1. The van der Waals surface area contributed by atoms with Gasteiger partial charge in [0.2, 0.25) is 6.79 Å². The number of benzene rings is 3. The van der Waals surface area contributed by atoms with E-state index in [0.29, 0.717) is 65.0 Å². The Hall–Kier alpha value is -5.52. The number of hydrogen-bond acceptors (Lipinski definition) is 7. The smallest absolute Gasteiger partial charge is 0.264 e. The molecule has 0 saturated carbocycles. The SMILES string of the molecule is Cn1ccc(N(C(=O)c2cc(-c3cc4c(cc3C(=O)N3Cc5ccccc5C[C@H]3CN3CCOCC3)OCO4)n(C)c2)c2ccc(O)cc2)c1. The van der Waals surface area contributed by atoms with E-state index in [1.165, 1.54) is 5.56 Å². The van der Waals surface area contributed by atoms with E-state index in [9.17, 15) is 14.7 Å². The van der Waals surface area contributed by atoms with Crippen molar-refractivity contribution in [2.75, 3.05) is 44.5 Å². The molecule has 1 N–H and O–H groups in total. The van der Waals surface area contributed by atoms with Gasteiger partial charge in [0.1, 0.15) is 5.75 Å². The quantitative estimate of drug-likeness (QED) is 0.249. The number of carbonyl (C=O) groups excluding carboxylic acids is 2. The maximum Gasteiger partial charge on any atom is 0.264 e. The lowest BCUT2D eigenvalue weighted by Crippen LogP contribution is -2.52. The minimum Gasteiger partial charge on any atom is -0.508 e. The van der Waals surface area contributed by atoms with E-state index in [4.69, 9.17) is 14.2 Å². The first-order valence-electron chi connectivity index (χ1n) is 16.9. The summed E-state index contributed by atoms with van der Waals surface area (Å²) in [5.74, 6) is 0.827. The van der Waals surface area contributed by atoms with Gasteiger partial charge in [-0.25, -0.2) is 0 Å².